The Kier molecular flexibility index (Phi) is 5.65. The van der Waals surface area contributed by atoms with Crippen molar-refractivity contribution < 1.29 is 13.2 Å². The Morgan fingerprint density at radius 3 is 2.00 bits per heavy atom. The van der Waals surface area contributed by atoms with E-state index in [1.165, 1.54) is 4.31 Å². The number of para-hydroxylation sites is 4. The summed E-state index contributed by atoms with van der Waals surface area (Å²) in [5.74, 6) is 1.03. The third-order valence-electron chi connectivity index (χ3n) is 4.89. The van der Waals surface area contributed by atoms with Crippen LogP contribution in [0.2, 0.25) is 0 Å². The molecule has 0 saturated heterocycles. The Balaban J connectivity index is 1.63. The highest BCUT2D eigenvalue weighted by Crippen LogP contribution is 2.48. The van der Waals surface area contributed by atoms with Crippen molar-refractivity contribution in [3.63, 3.8) is 0 Å². The van der Waals surface area contributed by atoms with Gasteiger partial charge in [0.2, 0.25) is 0 Å². The molecule has 0 unspecified atom stereocenters. The van der Waals surface area contributed by atoms with Crippen LogP contribution in [-0.4, -0.2) is 40.5 Å². The summed E-state index contributed by atoms with van der Waals surface area (Å²) in [5, 5.41) is 3.33. The fourth-order valence-electron chi connectivity index (χ4n) is 3.41. The first-order valence-corrected chi connectivity index (χ1v) is 11.3. The van der Waals surface area contributed by atoms with E-state index in [0.29, 0.717) is 22.9 Å². The van der Waals surface area contributed by atoms with Gasteiger partial charge in [-0.25, -0.2) is 12.7 Å². The van der Waals surface area contributed by atoms with Gasteiger partial charge in [-0.15, -0.1) is 0 Å². The van der Waals surface area contributed by atoms with E-state index in [1.807, 2.05) is 26.2 Å². The third kappa shape index (κ3) is 3.99. The number of nitrogens with one attached hydrogen (secondary N) is 1. The maximum absolute atomic E-state index is 13.6. The van der Waals surface area contributed by atoms with Crippen LogP contribution in [0.5, 0.6) is 11.5 Å². The zero-order chi connectivity index (χ0) is 21.1. The second-order valence-corrected chi connectivity index (χ2v) is 9.20. The van der Waals surface area contributed by atoms with Crippen LogP contribution in [0.25, 0.3) is 0 Å². The van der Waals surface area contributed by atoms with Crippen LogP contribution in [0, 0.1) is 0 Å². The third-order valence-corrected chi connectivity index (χ3v) is 6.63. The van der Waals surface area contributed by atoms with Crippen LogP contribution in [0.1, 0.15) is 6.42 Å². The summed E-state index contributed by atoms with van der Waals surface area (Å²) in [7, 11) is 0.263. The number of benzene rings is 3. The minimum Gasteiger partial charge on any atom is -0.453 e. The van der Waals surface area contributed by atoms with Gasteiger partial charge in [0.25, 0.3) is 10.0 Å². The minimum atomic E-state index is -3.82. The van der Waals surface area contributed by atoms with Gasteiger partial charge in [-0.05, 0) is 75.6 Å². The van der Waals surface area contributed by atoms with Crippen molar-refractivity contribution >= 4 is 27.1 Å². The average Bonchev–Trinajstić information content (AvgIpc) is 2.75. The van der Waals surface area contributed by atoms with Gasteiger partial charge in [0, 0.05) is 12.2 Å². The summed E-state index contributed by atoms with van der Waals surface area (Å²) < 4.78 is 34.5. The highest BCUT2D eigenvalue weighted by atomic mass is 32.2. The monoisotopic (exact) mass is 423 g/mol. The highest BCUT2D eigenvalue weighted by Gasteiger charge is 2.34. The molecule has 1 aliphatic heterocycles. The predicted molar refractivity (Wildman–Crippen MR) is 120 cm³/mol. The van der Waals surface area contributed by atoms with Crippen molar-refractivity contribution in [3.8, 4) is 11.5 Å². The standard InChI is InChI=1S/C23H25N3O3S/c1-25(2)17-7-16-24-18-12-14-19(15-13-18)30(27,28)26-20-8-3-5-10-22(20)29-23-11-6-4-9-21(23)26/h3-6,8-15,24H,7,16-17H2,1-2H3. The topological polar surface area (TPSA) is 61.9 Å². The van der Waals surface area contributed by atoms with Gasteiger partial charge in [-0.1, -0.05) is 24.3 Å². The smallest absolute Gasteiger partial charge is 0.268 e. The van der Waals surface area contributed by atoms with Crippen molar-refractivity contribution in [2.45, 2.75) is 11.3 Å². The number of rotatable bonds is 7. The van der Waals surface area contributed by atoms with Crippen LogP contribution in [0.4, 0.5) is 17.1 Å². The van der Waals surface area contributed by atoms with E-state index in [1.54, 1.807) is 60.7 Å². The molecule has 0 atom stereocenters. The fraction of sp³-hybridized carbons (Fsp3) is 0.217. The van der Waals surface area contributed by atoms with E-state index in [-0.39, 0.29) is 4.90 Å². The van der Waals surface area contributed by atoms with Gasteiger partial charge in [0.15, 0.2) is 11.5 Å². The lowest BCUT2D eigenvalue weighted by atomic mass is 10.2. The Hall–Kier alpha value is -3.03. The normalized spacial score (nSPS) is 12.8. The molecule has 0 amide bonds. The van der Waals surface area contributed by atoms with Crippen LogP contribution in [0.3, 0.4) is 0 Å². The molecule has 1 N–H and O–H groups in total. The van der Waals surface area contributed by atoms with Crippen molar-refractivity contribution in [2.75, 3.05) is 36.8 Å². The van der Waals surface area contributed by atoms with E-state index in [0.717, 1.165) is 25.2 Å². The number of anilines is 3. The van der Waals surface area contributed by atoms with Crippen LogP contribution in [-0.2, 0) is 10.0 Å². The molecule has 4 rings (SSSR count). The van der Waals surface area contributed by atoms with Crippen molar-refractivity contribution in [3.05, 3.63) is 72.8 Å². The van der Waals surface area contributed by atoms with Crippen molar-refractivity contribution in [2.24, 2.45) is 0 Å². The first-order valence-electron chi connectivity index (χ1n) is 9.87. The molecule has 0 aliphatic carbocycles. The Bertz CT molecular complexity index is 1080. The molecule has 3 aromatic rings. The Morgan fingerprint density at radius 2 is 1.43 bits per heavy atom. The van der Waals surface area contributed by atoms with Crippen LogP contribution >= 0.6 is 0 Å². The number of nitrogens with zero attached hydrogens (tertiary/aromatic N) is 2. The average molecular weight is 424 g/mol. The molecule has 0 saturated carbocycles. The highest BCUT2D eigenvalue weighted by molar-refractivity contribution is 7.93. The molecule has 0 aromatic heterocycles. The molecule has 0 bridgehead atoms. The van der Waals surface area contributed by atoms with Gasteiger partial charge < -0.3 is 15.0 Å². The zero-order valence-corrected chi connectivity index (χ0v) is 17.9. The maximum Gasteiger partial charge on any atom is 0.268 e. The molecule has 0 fully saturated rings. The van der Waals surface area contributed by atoms with Gasteiger partial charge in [-0.3, -0.25) is 0 Å². The molecule has 1 aliphatic rings. The molecule has 156 valence electrons. The van der Waals surface area contributed by atoms with E-state index in [9.17, 15) is 8.42 Å². The van der Waals surface area contributed by atoms with Gasteiger partial charge in [-0.2, -0.15) is 0 Å². The summed E-state index contributed by atoms with van der Waals surface area (Å²) in [6, 6.07) is 21.2. The first kappa shape index (κ1) is 20.3. The number of sulfonamides is 1. The lowest BCUT2D eigenvalue weighted by molar-refractivity contribution is 0.405. The number of fused-ring (bicyclic) bond motifs is 2. The lowest BCUT2D eigenvalue weighted by Crippen LogP contribution is -2.28. The first-order chi connectivity index (χ1) is 14.5. The fourth-order valence-corrected chi connectivity index (χ4v) is 4.92. The molecule has 30 heavy (non-hydrogen) atoms. The van der Waals surface area contributed by atoms with Crippen LogP contribution < -0.4 is 14.4 Å². The van der Waals surface area contributed by atoms with Gasteiger partial charge in [0.1, 0.15) is 11.4 Å². The maximum atomic E-state index is 13.6. The van der Waals surface area contributed by atoms with Crippen LogP contribution in [0.15, 0.2) is 77.7 Å². The second-order valence-electron chi connectivity index (χ2n) is 7.41. The summed E-state index contributed by atoms with van der Waals surface area (Å²) >= 11 is 0. The summed E-state index contributed by atoms with van der Waals surface area (Å²) in [4.78, 5) is 2.36. The van der Waals surface area contributed by atoms with E-state index < -0.39 is 10.0 Å². The molecule has 7 heteroatoms. The molecule has 3 aromatic carbocycles. The molecular formula is C23H25N3O3S. The van der Waals surface area contributed by atoms with Gasteiger partial charge >= 0.3 is 0 Å². The van der Waals surface area contributed by atoms with Crippen molar-refractivity contribution in [1.29, 1.82) is 0 Å². The molecule has 6 nitrogen and oxygen atoms in total. The second kappa shape index (κ2) is 8.38. The summed E-state index contributed by atoms with van der Waals surface area (Å²) in [6.07, 6.45) is 1.01. The Labute approximate surface area is 177 Å². The molecule has 0 radical (unpaired) electrons. The lowest BCUT2D eigenvalue weighted by Gasteiger charge is -2.31. The van der Waals surface area contributed by atoms with E-state index >= 15 is 0 Å². The van der Waals surface area contributed by atoms with Gasteiger partial charge in [0.05, 0.1) is 4.90 Å². The summed E-state index contributed by atoms with van der Waals surface area (Å²) in [5.41, 5.74) is 1.90. The molecular weight excluding hydrogens is 398 g/mol. The molecule has 1 heterocycles. The molecule has 0 spiro atoms. The van der Waals surface area contributed by atoms with Crippen molar-refractivity contribution in [1.82, 2.24) is 4.90 Å². The predicted octanol–water partition coefficient (Wildman–Crippen LogP) is 4.68. The minimum absolute atomic E-state index is 0.229. The van der Waals surface area contributed by atoms with E-state index in [4.69, 9.17) is 4.74 Å². The zero-order valence-electron chi connectivity index (χ0n) is 17.1. The summed E-state index contributed by atoms with van der Waals surface area (Å²) in [6.45, 7) is 1.82. The number of ether oxygens (including phenoxy) is 1. The quantitative estimate of drug-likeness (QED) is 0.559. The van der Waals surface area contributed by atoms with E-state index in [2.05, 4.69) is 10.2 Å². The largest absolute Gasteiger partial charge is 0.453 e. The SMILES string of the molecule is CN(C)CCCNc1ccc(S(=O)(=O)N2c3ccccc3Oc3ccccc32)cc1. The Morgan fingerprint density at radius 1 is 0.867 bits per heavy atom. The number of hydrogen-bond donors (Lipinski definition) is 1. The number of hydrogen-bond acceptors (Lipinski definition) is 5.